The normalized spacial score (nSPS) is 17.2. The maximum absolute atomic E-state index is 15.0. The predicted octanol–water partition coefficient (Wildman–Crippen LogP) is 14.9. The number of imide groups is 1. The monoisotopic (exact) mass is 1940 g/mol. The van der Waals surface area contributed by atoms with Crippen LogP contribution in [0.25, 0.3) is 0 Å². The van der Waals surface area contributed by atoms with Crippen molar-refractivity contribution >= 4 is 148 Å². The van der Waals surface area contributed by atoms with E-state index in [1.807, 2.05) is 135 Å². The molecule has 5 fully saturated rings. The summed E-state index contributed by atoms with van der Waals surface area (Å²) in [6.07, 6.45) is 13.6. The fourth-order valence-corrected chi connectivity index (χ4v) is 21.1. The van der Waals surface area contributed by atoms with E-state index in [1.54, 1.807) is 123 Å². The molecule has 4 unspecified atom stereocenters. The second-order valence-electron chi connectivity index (χ2n) is 35.6. The molecule has 36 heteroatoms. The number of ether oxygens (including phenoxy) is 2. The lowest BCUT2D eigenvalue weighted by Gasteiger charge is -2.36. The Labute approximate surface area is 811 Å². The molecule has 722 valence electrons. The third kappa shape index (κ3) is 30.7. The highest BCUT2D eigenvalue weighted by molar-refractivity contribution is 8.77. The average Bonchev–Trinajstić information content (AvgIpc) is 1.65. The van der Waals surface area contributed by atoms with Crippen molar-refractivity contribution in [3.63, 3.8) is 0 Å². The third-order valence-corrected chi connectivity index (χ3v) is 30.5. The van der Waals surface area contributed by atoms with Gasteiger partial charge in [-0.15, -0.1) is 5.06 Å². The molecule has 0 radical (unpaired) electrons. The second kappa shape index (κ2) is 49.0. The number of carbonyl (C=O) groups is 12. The van der Waals surface area contributed by atoms with Crippen LogP contribution in [0.4, 0.5) is 31.5 Å². The van der Waals surface area contributed by atoms with Crippen LogP contribution in [0, 0.1) is 23.5 Å². The van der Waals surface area contributed by atoms with E-state index in [-0.39, 0.29) is 133 Å². The van der Waals surface area contributed by atoms with Gasteiger partial charge in [0, 0.05) is 219 Å². The number of aryl methyl sites for hydroxylation is 1. The molecule has 0 bridgehead atoms. The Bertz CT molecular complexity index is 5700. The van der Waals surface area contributed by atoms with Gasteiger partial charge < -0.3 is 60.0 Å². The number of hydrogen-bond donors (Lipinski definition) is 6. The van der Waals surface area contributed by atoms with Gasteiger partial charge in [0.2, 0.25) is 35.4 Å². The lowest BCUT2D eigenvalue weighted by Crippen LogP contribution is -2.48. The highest BCUT2D eigenvalue weighted by atomic mass is 33.1. The quantitative estimate of drug-likeness (QED) is 0.00680. The maximum Gasteiger partial charge on any atom is 0.333 e. The van der Waals surface area contributed by atoms with Crippen molar-refractivity contribution in [2.45, 2.75) is 172 Å². The first-order chi connectivity index (χ1) is 65.9. The molecule has 137 heavy (non-hydrogen) atoms. The van der Waals surface area contributed by atoms with Crippen molar-refractivity contribution in [1.29, 1.82) is 0 Å². The van der Waals surface area contributed by atoms with Gasteiger partial charge >= 0.3 is 5.97 Å². The SMILES string of the molecule is CC(=O)CCCOc1ccc(/C(C)=N/NC(=O)CC(C)(C)SSCCC(=O)N2CCN(c3ccc(C(=O)NCc4ccc(NC(=O)C5CC5c5cccnc5)cc4F)cc3)CC2)cc1.CC(C)(CC(=O)N/N=C1\CCCc2cc(OCCCC(=O)ON3C(=O)CCC3=O)ccc21)SSCCC(=O)N1CCN(c2ccc(C(=O)NCc3ccc(NC(=O)C4CC4c4cccnc4)cc3F)cc2)CC1. The van der Waals surface area contributed by atoms with Crippen molar-refractivity contribution in [2.75, 3.05) is 97.5 Å². The summed E-state index contributed by atoms with van der Waals surface area (Å²) in [6.45, 7) is 17.0. The van der Waals surface area contributed by atoms with Gasteiger partial charge in [0.05, 0.1) is 31.1 Å². The largest absolute Gasteiger partial charge is 0.494 e. The summed E-state index contributed by atoms with van der Waals surface area (Å²) < 4.78 is 40.7. The Kier molecular flexibility index (Phi) is 36.4. The number of nitrogens with zero attached hydrogens (tertiary/aromatic N) is 9. The molecule has 10 amide bonds. The molecule has 6 aromatic carbocycles. The highest BCUT2D eigenvalue weighted by Gasteiger charge is 2.46. The number of halogens is 2. The van der Waals surface area contributed by atoms with Gasteiger partial charge in [-0.2, -0.15) is 10.2 Å². The van der Waals surface area contributed by atoms with Gasteiger partial charge in [-0.1, -0.05) is 67.4 Å². The summed E-state index contributed by atoms with van der Waals surface area (Å²) >= 11 is 0. The van der Waals surface area contributed by atoms with E-state index in [1.165, 1.54) is 12.1 Å². The van der Waals surface area contributed by atoms with Crippen LogP contribution in [0.3, 0.4) is 0 Å². The molecule has 5 heterocycles. The number of aromatic nitrogens is 2. The number of piperazine rings is 2. The fourth-order valence-electron chi connectivity index (χ4n) is 16.1. The van der Waals surface area contributed by atoms with E-state index in [2.05, 4.69) is 62.1 Å². The molecule has 3 aliphatic carbocycles. The van der Waals surface area contributed by atoms with Gasteiger partial charge in [0.25, 0.3) is 23.6 Å². The average molecular weight is 1950 g/mol. The number of ketones is 1. The zero-order valence-corrected chi connectivity index (χ0v) is 80.9. The van der Waals surface area contributed by atoms with Crippen molar-refractivity contribution in [1.82, 2.24) is 46.3 Å². The summed E-state index contributed by atoms with van der Waals surface area (Å²) in [6, 6.07) is 44.1. The smallest absolute Gasteiger partial charge is 0.333 e. The zero-order chi connectivity index (χ0) is 97.1. The number of hydroxylamine groups is 2. The van der Waals surface area contributed by atoms with Gasteiger partial charge in [-0.25, -0.2) is 24.4 Å². The summed E-state index contributed by atoms with van der Waals surface area (Å²) in [4.78, 5) is 171. The van der Waals surface area contributed by atoms with E-state index in [0.717, 1.165) is 70.6 Å². The Morgan fingerprint density at radius 1 is 0.511 bits per heavy atom. The number of hydrogen-bond acceptors (Lipinski definition) is 25. The van der Waals surface area contributed by atoms with Gasteiger partial charge in [-0.05, 0) is 248 Å². The van der Waals surface area contributed by atoms with Crippen LogP contribution in [0.15, 0.2) is 187 Å². The first-order valence-electron chi connectivity index (χ1n) is 46.1. The first-order valence-corrected chi connectivity index (χ1v) is 50.7. The molecule has 14 rings (SSSR count). The van der Waals surface area contributed by atoms with Crippen LogP contribution < -0.4 is 51.4 Å². The number of fused-ring (bicyclic) bond motifs is 1. The van der Waals surface area contributed by atoms with Crippen LogP contribution in [0.5, 0.6) is 11.5 Å². The predicted molar refractivity (Wildman–Crippen MR) is 528 cm³/mol. The van der Waals surface area contributed by atoms with Crippen molar-refractivity contribution < 1.29 is 80.6 Å². The van der Waals surface area contributed by atoms with Crippen molar-refractivity contribution in [3.8, 4) is 11.5 Å². The second-order valence-corrected chi connectivity index (χ2v) is 41.9. The van der Waals surface area contributed by atoms with Crippen LogP contribution in [0.1, 0.15) is 203 Å². The van der Waals surface area contributed by atoms with E-state index in [4.69, 9.17) is 14.3 Å². The molecule has 4 atom stereocenters. The Morgan fingerprint density at radius 3 is 1.45 bits per heavy atom. The number of anilines is 4. The molecule has 30 nitrogen and oxygen atoms in total. The minimum Gasteiger partial charge on any atom is -0.494 e. The number of nitrogens with one attached hydrogen (secondary N) is 6. The summed E-state index contributed by atoms with van der Waals surface area (Å²) in [5, 5.41) is 20.5. The molecule has 8 aromatic rings. The minimum atomic E-state index is -0.668. The number of amides is 10. The molecule has 6 aliphatic rings. The first kappa shape index (κ1) is 102. The van der Waals surface area contributed by atoms with Gasteiger partial charge in [0.1, 0.15) is 28.9 Å². The Balaban J connectivity index is 0.000000234. The number of pyridine rings is 2. The Morgan fingerprint density at radius 2 is 0.978 bits per heavy atom. The molecule has 2 aromatic heterocycles. The highest BCUT2D eigenvalue weighted by Crippen LogP contribution is 2.49. The molecule has 3 saturated heterocycles. The van der Waals surface area contributed by atoms with Crippen molar-refractivity contribution in [3.05, 3.63) is 238 Å². The molecule has 0 spiro atoms. The summed E-state index contributed by atoms with van der Waals surface area (Å²) in [7, 11) is 6.31. The number of Topliss-reactive ketones (excluding diaryl/α,β-unsaturated/α-hetero) is 1. The molecular weight excluding hydrogens is 1830 g/mol. The van der Waals surface area contributed by atoms with Gasteiger partial charge in [-0.3, -0.25) is 57.9 Å². The summed E-state index contributed by atoms with van der Waals surface area (Å²) in [5.41, 5.74) is 15.8. The summed E-state index contributed by atoms with van der Waals surface area (Å²) in [5.74, 6) is -1.35. The van der Waals surface area contributed by atoms with E-state index in [0.29, 0.717) is 165 Å². The zero-order valence-electron chi connectivity index (χ0n) is 77.6. The minimum absolute atomic E-state index is 0.00850. The maximum atomic E-state index is 15.0. The molecule has 2 saturated carbocycles. The van der Waals surface area contributed by atoms with Crippen LogP contribution in [-0.2, 0) is 72.3 Å². The molecule has 3 aliphatic heterocycles. The lowest BCUT2D eigenvalue weighted by atomic mass is 9.90. The number of rotatable bonds is 42. The van der Waals surface area contributed by atoms with E-state index >= 15 is 4.39 Å². The number of carbonyl (C=O) groups excluding carboxylic acids is 12. The van der Waals surface area contributed by atoms with Crippen molar-refractivity contribution in [2.24, 2.45) is 22.0 Å². The van der Waals surface area contributed by atoms with Crippen LogP contribution in [-0.4, -0.2) is 194 Å². The standard InChI is InChI=1S/C53H59FN8O9S2.C48H56FN7O6S2/c1-53(2,31-46(63)59-58-45-8-3-6-35-28-40(16-17-41(35)45)70-26-5-9-50(67)71-62-48(65)18-19-49(62)66)73-72-27-20-47(64)61-24-22-60(23-25-61)39-14-11-34(12-15-39)51(68)56-33-37-10-13-38(29-44(37)54)57-52(69)43-30-42(43)36-7-4-21-55-32-36;1-32(57)7-6-25-62-40-17-12-34(13-18-40)33(2)53-54-44(58)29-48(3,4)64-63-26-19-45(59)56-23-21-55(22-24-56)39-15-10-35(11-16-39)46(60)51-31-37-9-14-38(27-43(37)49)52-47(61)42-28-41(42)36-8-5-20-50-30-36/h4,7,10-17,21,28-29,32,42-43H,3,5-6,8-9,18-20,22-27,30-31,33H2,1-2H3,(H,56,68)(H,57,69)(H,59,63);5,8-18,20,27,30,41-42H,6-7,19,21-26,28-29,31H2,1-4H3,(H,51,60)(H,52,61)(H,54,58)/b58-45+;53-33+. The lowest BCUT2D eigenvalue weighted by molar-refractivity contribution is -0.197. The van der Waals surface area contributed by atoms with E-state index in [9.17, 15) is 61.9 Å². The topological polar surface area (TPSA) is 371 Å². The Hall–Kier alpha value is -12.5. The number of benzene rings is 6. The van der Waals surface area contributed by atoms with Crippen LogP contribution in [0.2, 0.25) is 0 Å². The van der Waals surface area contributed by atoms with Gasteiger partial charge in [0.15, 0.2) is 0 Å². The number of hydrazone groups is 2. The van der Waals surface area contributed by atoms with E-state index < -0.39 is 34.2 Å². The molecule has 6 N–H and O–H groups in total. The van der Waals surface area contributed by atoms with Crippen LogP contribution >= 0.6 is 43.2 Å². The molecular formula is C101H115F2N15O15S4. The third-order valence-electron chi connectivity index (χ3n) is 23.9. The fraction of sp³-hybridized carbons (Fsp3) is 0.406.